The molecule has 6 nitrogen and oxygen atoms in total. The first kappa shape index (κ1) is 22.2. The highest BCUT2D eigenvalue weighted by Crippen LogP contribution is 2.31. The van der Waals surface area contributed by atoms with Crippen LogP contribution in [0.5, 0.6) is 5.75 Å². The van der Waals surface area contributed by atoms with E-state index in [2.05, 4.69) is 33.1 Å². The smallest absolute Gasteiger partial charge is 0.189 e. The third-order valence-electron chi connectivity index (χ3n) is 5.36. The van der Waals surface area contributed by atoms with Gasteiger partial charge >= 0.3 is 0 Å². The third-order valence-corrected chi connectivity index (χ3v) is 5.36. The number of halogens is 1. The largest absolute Gasteiger partial charge is 0.493 e. The predicted octanol–water partition coefficient (Wildman–Crippen LogP) is 2.45. The lowest BCUT2D eigenvalue weighted by Gasteiger charge is -2.33. The van der Waals surface area contributed by atoms with Gasteiger partial charge in [-0.05, 0) is 32.0 Å². The van der Waals surface area contributed by atoms with E-state index in [4.69, 9.17) is 10.5 Å². The fourth-order valence-corrected chi connectivity index (χ4v) is 3.69. The summed E-state index contributed by atoms with van der Waals surface area (Å²) < 4.78 is 5.69. The quantitative estimate of drug-likeness (QED) is 0.268. The van der Waals surface area contributed by atoms with Gasteiger partial charge in [0.15, 0.2) is 5.96 Å². The Labute approximate surface area is 180 Å². The van der Waals surface area contributed by atoms with Crippen LogP contribution in [-0.4, -0.2) is 68.2 Å². The number of likely N-dealkylation sites (N-methyl/N-ethyl adjacent to an activating group) is 1. The molecule has 0 amide bonds. The van der Waals surface area contributed by atoms with Crippen molar-refractivity contribution in [3.8, 4) is 5.75 Å². The number of guanidine groups is 1. The molecule has 2 heterocycles. The molecule has 1 aromatic rings. The molecule has 1 fully saturated rings. The van der Waals surface area contributed by atoms with Crippen LogP contribution in [0.4, 0.5) is 0 Å². The lowest BCUT2D eigenvalue weighted by Crippen LogP contribution is -2.46. The summed E-state index contributed by atoms with van der Waals surface area (Å²) in [5, 5.41) is 3.36. The van der Waals surface area contributed by atoms with E-state index in [1.165, 1.54) is 51.3 Å². The Morgan fingerprint density at radius 3 is 2.70 bits per heavy atom. The van der Waals surface area contributed by atoms with Crippen molar-refractivity contribution in [1.29, 1.82) is 0 Å². The zero-order valence-corrected chi connectivity index (χ0v) is 18.7. The van der Waals surface area contributed by atoms with Gasteiger partial charge in [0.25, 0.3) is 0 Å². The maximum absolute atomic E-state index is 6.10. The summed E-state index contributed by atoms with van der Waals surface area (Å²) in [4.78, 5) is 9.60. The van der Waals surface area contributed by atoms with Gasteiger partial charge < -0.3 is 25.6 Å². The first-order valence-electron chi connectivity index (χ1n) is 9.99. The Bertz CT molecular complexity index is 589. The van der Waals surface area contributed by atoms with Crippen molar-refractivity contribution < 1.29 is 4.74 Å². The lowest BCUT2D eigenvalue weighted by atomic mass is 10.0. The van der Waals surface area contributed by atoms with Gasteiger partial charge in [0.1, 0.15) is 5.75 Å². The molecule has 2 aliphatic rings. The van der Waals surface area contributed by atoms with Gasteiger partial charge in [0, 0.05) is 44.7 Å². The van der Waals surface area contributed by atoms with Crippen LogP contribution >= 0.6 is 24.0 Å². The summed E-state index contributed by atoms with van der Waals surface area (Å²) in [5.74, 6) is 1.50. The Morgan fingerprint density at radius 1 is 1.19 bits per heavy atom. The average Bonchev–Trinajstić information content (AvgIpc) is 2.68. The maximum atomic E-state index is 6.10. The van der Waals surface area contributed by atoms with Crippen LogP contribution in [0.15, 0.2) is 29.3 Å². The van der Waals surface area contributed by atoms with E-state index in [0.29, 0.717) is 12.6 Å². The Hall–Kier alpha value is -1.06. The molecule has 0 aliphatic carbocycles. The van der Waals surface area contributed by atoms with Gasteiger partial charge in [-0.3, -0.25) is 4.99 Å². The minimum absolute atomic E-state index is 0. The lowest BCUT2D eigenvalue weighted by molar-refractivity contribution is 0.136. The molecule has 1 unspecified atom stereocenters. The molecule has 1 saturated heterocycles. The molecule has 0 radical (unpaired) electrons. The number of benzene rings is 1. The number of nitrogens with zero attached hydrogens (tertiary/aromatic N) is 3. The number of nitrogens with two attached hydrogens (primary N) is 1. The SMILES string of the molecule is CCN1CCN(CCCCN=C(N)NC2CCOc3ccccc32)CC1.I. The Balaban J connectivity index is 0.00000261. The van der Waals surface area contributed by atoms with Crippen molar-refractivity contribution in [3.05, 3.63) is 29.8 Å². The third kappa shape index (κ3) is 6.80. The molecule has 0 bridgehead atoms. The molecule has 1 atom stereocenters. The number of piperazine rings is 1. The van der Waals surface area contributed by atoms with E-state index in [9.17, 15) is 0 Å². The first-order chi connectivity index (χ1) is 12.8. The van der Waals surface area contributed by atoms with Crippen molar-refractivity contribution >= 4 is 29.9 Å². The molecule has 3 rings (SSSR count). The number of nitrogens with one attached hydrogen (secondary N) is 1. The molecule has 3 N–H and O–H groups in total. The maximum Gasteiger partial charge on any atom is 0.189 e. The number of fused-ring (bicyclic) bond motifs is 1. The molecule has 7 heteroatoms. The normalized spacial score (nSPS) is 21.1. The second kappa shape index (κ2) is 11.7. The minimum Gasteiger partial charge on any atom is -0.493 e. The summed E-state index contributed by atoms with van der Waals surface area (Å²) >= 11 is 0. The summed E-state index contributed by atoms with van der Waals surface area (Å²) in [6, 6.07) is 8.34. The molecule has 27 heavy (non-hydrogen) atoms. The van der Waals surface area contributed by atoms with Gasteiger partial charge in [-0.2, -0.15) is 0 Å². The van der Waals surface area contributed by atoms with Crippen molar-refractivity contribution in [2.45, 2.75) is 32.2 Å². The fourth-order valence-electron chi connectivity index (χ4n) is 3.69. The Kier molecular flexibility index (Phi) is 9.64. The van der Waals surface area contributed by atoms with Crippen LogP contribution < -0.4 is 15.8 Å². The molecular formula is C20H34IN5O. The number of hydrogen-bond donors (Lipinski definition) is 2. The summed E-state index contributed by atoms with van der Waals surface area (Å²) in [7, 11) is 0. The summed E-state index contributed by atoms with van der Waals surface area (Å²) in [6.07, 6.45) is 3.18. The fraction of sp³-hybridized carbons (Fsp3) is 0.650. The van der Waals surface area contributed by atoms with Crippen LogP contribution in [0.1, 0.15) is 37.8 Å². The average molecular weight is 487 g/mol. The minimum atomic E-state index is 0. The highest BCUT2D eigenvalue weighted by molar-refractivity contribution is 14.0. The van der Waals surface area contributed by atoms with Crippen LogP contribution in [0.3, 0.4) is 0 Å². The van der Waals surface area contributed by atoms with Crippen LogP contribution in [0.2, 0.25) is 0 Å². The zero-order valence-electron chi connectivity index (χ0n) is 16.4. The van der Waals surface area contributed by atoms with Gasteiger partial charge in [0.2, 0.25) is 0 Å². The molecule has 0 saturated carbocycles. The van der Waals surface area contributed by atoms with Crippen LogP contribution in [0.25, 0.3) is 0 Å². The highest BCUT2D eigenvalue weighted by atomic mass is 127. The Morgan fingerprint density at radius 2 is 1.93 bits per heavy atom. The molecule has 1 aromatic carbocycles. The molecule has 0 spiro atoms. The van der Waals surface area contributed by atoms with E-state index in [1.54, 1.807) is 0 Å². The van der Waals surface area contributed by atoms with E-state index in [1.807, 2.05) is 18.2 Å². The number of para-hydroxylation sites is 1. The predicted molar refractivity (Wildman–Crippen MR) is 122 cm³/mol. The van der Waals surface area contributed by atoms with E-state index in [0.717, 1.165) is 25.1 Å². The standard InChI is InChI=1S/C20H33N5O.HI/c1-2-24-12-14-25(15-13-24)11-6-5-10-22-20(21)23-18-9-16-26-19-8-4-3-7-17(18)19;/h3-4,7-8,18H,2,5-6,9-16H2,1H3,(H3,21,22,23);1H. The van der Waals surface area contributed by atoms with E-state index >= 15 is 0 Å². The summed E-state index contributed by atoms with van der Waals surface area (Å²) in [5.41, 5.74) is 7.27. The van der Waals surface area contributed by atoms with Crippen molar-refractivity contribution in [1.82, 2.24) is 15.1 Å². The van der Waals surface area contributed by atoms with Crippen LogP contribution in [0, 0.1) is 0 Å². The zero-order chi connectivity index (χ0) is 18.2. The topological polar surface area (TPSA) is 66.1 Å². The first-order valence-corrected chi connectivity index (χ1v) is 9.99. The number of ether oxygens (including phenoxy) is 1. The second-order valence-corrected chi connectivity index (χ2v) is 7.12. The molecule has 2 aliphatic heterocycles. The number of unbranched alkanes of at least 4 members (excludes halogenated alkanes) is 1. The van der Waals surface area contributed by atoms with Gasteiger partial charge in [-0.25, -0.2) is 0 Å². The molecule has 152 valence electrons. The second-order valence-electron chi connectivity index (χ2n) is 7.12. The van der Waals surface area contributed by atoms with Gasteiger partial charge in [-0.15, -0.1) is 24.0 Å². The molecule has 0 aromatic heterocycles. The highest BCUT2D eigenvalue weighted by Gasteiger charge is 2.21. The van der Waals surface area contributed by atoms with Crippen molar-refractivity contribution in [3.63, 3.8) is 0 Å². The monoisotopic (exact) mass is 487 g/mol. The molecular weight excluding hydrogens is 453 g/mol. The van der Waals surface area contributed by atoms with Gasteiger partial charge in [-0.1, -0.05) is 25.1 Å². The van der Waals surface area contributed by atoms with Crippen LogP contribution in [-0.2, 0) is 0 Å². The van der Waals surface area contributed by atoms with E-state index in [-0.39, 0.29) is 30.0 Å². The van der Waals surface area contributed by atoms with E-state index < -0.39 is 0 Å². The number of hydrogen-bond acceptors (Lipinski definition) is 4. The number of rotatable bonds is 7. The van der Waals surface area contributed by atoms with Gasteiger partial charge in [0.05, 0.1) is 12.6 Å². The number of aliphatic imine (C=N–C) groups is 1. The summed E-state index contributed by atoms with van der Waals surface area (Å²) in [6.45, 7) is 10.9. The van der Waals surface area contributed by atoms with Crippen molar-refractivity contribution in [2.24, 2.45) is 10.7 Å². The van der Waals surface area contributed by atoms with Crippen molar-refractivity contribution in [2.75, 3.05) is 52.4 Å².